The van der Waals surface area contributed by atoms with Crippen LogP contribution in [0, 0.1) is 22.0 Å². The summed E-state index contributed by atoms with van der Waals surface area (Å²) in [5.74, 6) is 3.90. The maximum absolute atomic E-state index is 11.5. The number of nitrogens with zero attached hydrogens (tertiary/aromatic N) is 1. The van der Waals surface area contributed by atoms with E-state index in [4.69, 9.17) is 4.74 Å². The van der Waals surface area contributed by atoms with E-state index in [1.54, 1.807) is 6.92 Å². The van der Waals surface area contributed by atoms with E-state index < -0.39 is 18.1 Å². The molecule has 2 atom stereocenters. The highest BCUT2D eigenvalue weighted by Gasteiger charge is 2.23. The first kappa shape index (κ1) is 16.6. The Balaban J connectivity index is 2.51. The van der Waals surface area contributed by atoms with E-state index in [1.165, 1.54) is 19.1 Å². The summed E-state index contributed by atoms with van der Waals surface area (Å²) < 4.78 is 4.95. The van der Waals surface area contributed by atoms with Crippen molar-refractivity contribution in [1.29, 1.82) is 0 Å². The van der Waals surface area contributed by atoms with Gasteiger partial charge >= 0.3 is 5.97 Å². The second-order valence-corrected chi connectivity index (χ2v) is 4.74. The summed E-state index contributed by atoms with van der Waals surface area (Å²) >= 11 is 0. The van der Waals surface area contributed by atoms with E-state index in [9.17, 15) is 19.7 Å². The van der Waals surface area contributed by atoms with Gasteiger partial charge in [-0.05, 0) is 24.8 Å². The molecule has 0 radical (unpaired) electrons. The topological polar surface area (TPSA) is 86.5 Å². The molecular formula is C15H17NO5. The summed E-state index contributed by atoms with van der Waals surface area (Å²) in [4.78, 5) is 32.6. The largest absolute Gasteiger partial charge is 0.446 e. The van der Waals surface area contributed by atoms with Crippen molar-refractivity contribution in [2.75, 3.05) is 0 Å². The molecule has 1 aliphatic rings. The number of ether oxygens (including phenoxy) is 1. The molecule has 0 N–H and O–H groups in total. The van der Waals surface area contributed by atoms with Crippen molar-refractivity contribution in [3.05, 3.63) is 33.9 Å². The minimum atomic E-state index is -0.682. The van der Waals surface area contributed by atoms with Crippen LogP contribution in [-0.4, -0.2) is 28.8 Å². The van der Waals surface area contributed by atoms with Crippen LogP contribution in [0.2, 0.25) is 0 Å². The summed E-state index contributed by atoms with van der Waals surface area (Å²) in [5.41, 5.74) is 0.752. The van der Waals surface area contributed by atoms with Crippen molar-refractivity contribution in [2.45, 2.75) is 45.3 Å². The van der Waals surface area contributed by atoms with Crippen molar-refractivity contribution in [2.24, 2.45) is 0 Å². The second-order valence-electron chi connectivity index (χ2n) is 4.74. The summed E-state index contributed by atoms with van der Waals surface area (Å²) in [5, 5.41) is 10.7. The van der Waals surface area contributed by atoms with Crippen LogP contribution in [0.15, 0.2) is 23.8 Å². The lowest BCUT2D eigenvalue weighted by Crippen LogP contribution is -2.22. The van der Waals surface area contributed by atoms with Gasteiger partial charge in [0.25, 0.3) is 0 Å². The number of carbonyl (C=O) groups is 2. The molecule has 0 aromatic carbocycles. The Kier molecular flexibility index (Phi) is 6.34. The first-order valence-electron chi connectivity index (χ1n) is 6.62. The highest BCUT2D eigenvalue weighted by Crippen LogP contribution is 2.21. The fourth-order valence-electron chi connectivity index (χ4n) is 1.86. The minimum Gasteiger partial charge on any atom is -0.446 e. The lowest BCUT2D eigenvalue weighted by atomic mass is 9.95. The number of allylic oxidation sites excluding steroid dienone is 2. The van der Waals surface area contributed by atoms with Crippen molar-refractivity contribution < 1.29 is 19.2 Å². The third-order valence-electron chi connectivity index (χ3n) is 2.85. The van der Waals surface area contributed by atoms with Crippen LogP contribution in [0.25, 0.3) is 0 Å². The van der Waals surface area contributed by atoms with Gasteiger partial charge in [-0.3, -0.25) is 14.9 Å². The molecule has 112 valence electrons. The molecule has 0 fully saturated rings. The van der Waals surface area contributed by atoms with Crippen LogP contribution in [0.1, 0.15) is 33.1 Å². The van der Waals surface area contributed by atoms with Gasteiger partial charge in [-0.1, -0.05) is 18.1 Å². The van der Waals surface area contributed by atoms with Gasteiger partial charge in [0.15, 0.2) is 6.10 Å². The number of hydrogen-bond donors (Lipinski definition) is 0. The number of Topliss-reactive ketones (excluding diaryl/α,β-unsaturated/α-hetero) is 1. The van der Waals surface area contributed by atoms with E-state index in [-0.39, 0.29) is 10.7 Å². The average molecular weight is 291 g/mol. The molecule has 1 rings (SSSR count). The summed E-state index contributed by atoms with van der Waals surface area (Å²) in [6.45, 7) is 2.88. The predicted octanol–water partition coefficient (Wildman–Crippen LogP) is 1.82. The lowest BCUT2D eigenvalue weighted by molar-refractivity contribution is -0.523. The summed E-state index contributed by atoms with van der Waals surface area (Å²) in [6.07, 6.45) is 5.41. The van der Waals surface area contributed by atoms with Gasteiger partial charge in [0.05, 0.1) is 0 Å². The Morgan fingerprint density at radius 3 is 2.90 bits per heavy atom. The zero-order valence-corrected chi connectivity index (χ0v) is 12.0. The molecule has 0 aromatic rings. The molecule has 21 heavy (non-hydrogen) atoms. The summed E-state index contributed by atoms with van der Waals surface area (Å²) in [7, 11) is 0. The number of rotatable bonds is 4. The molecule has 0 bridgehead atoms. The molecule has 0 aromatic heterocycles. The number of ketones is 1. The van der Waals surface area contributed by atoms with Crippen LogP contribution in [0.4, 0.5) is 0 Å². The molecule has 0 unspecified atom stereocenters. The third-order valence-corrected chi connectivity index (χ3v) is 2.85. The number of esters is 1. The average Bonchev–Trinajstić information content (AvgIpc) is 2.43. The van der Waals surface area contributed by atoms with E-state index in [1.807, 2.05) is 6.08 Å². The van der Waals surface area contributed by atoms with Crippen LogP contribution >= 0.6 is 0 Å². The Morgan fingerprint density at radius 1 is 1.57 bits per heavy atom. The van der Waals surface area contributed by atoms with Crippen molar-refractivity contribution >= 4 is 11.8 Å². The van der Waals surface area contributed by atoms with E-state index in [0.29, 0.717) is 19.3 Å². The Labute approximate surface area is 123 Å². The Morgan fingerprint density at radius 2 is 2.29 bits per heavy atom. The number of carbonyl (C=O) groups excluding carboxylic acids is 2. The Bertz CT molecular complexity index is 550. The molecule has 1 aliphatic carbocycles. The number of nitro groups is 1. The van der Waals surface area contributed by atoms with E-state index in [0.717, 1.165) is 5.57 Å². The molecule has 0 heterocycles. The standard InChI is InChI=1S/C15H17NO5/c1-11(17)6-7-12(2)21-15(18)9-8-13-4-3-5-14(10-13)16(19)20/h4,8-9,12,14H,3,5,10H2,1-2H3/b9-8+/t12-,14+/m1/s1. The lowest BCUT2D eigenvalue weighted by Gasteiger charge is -2.14. The highest BCUT2D eigenvalue weighted by atomic mass is 16.6. The van der Waals surface area contributed by atoms with Gasteiger partial charge < -0.3 is 4.74 Å². The second kappa shape index (κ2) is 8.00. The maximum atomic E-state index is 11.5. The van der Waals surface area contributed by atoms with Gasteiger partial charge in [-0.2, -0.15) is 0 Å². The minimum absolute atomic E-state index is 0.293. The van der Waals surface area contributed by atoms with Crippen LogP contribution < -0.4 is 0 Å². The molecule has 0 amide bonds. The molecule has 6 heteroatoms. The zero-order chi connectivity index (χ0) is 15.8. The molecule has 0 saturated heterocycles. The van der Waals surface area contributed by atoms with Crippen LogP contribution in [-0.2, 0) is 14.3 Å². The van der Waals surface area contributed by atoms with Gasteiger partial charge in [-0.25, -0.2) is 4.79 Å². The molecular weight excluding hydrogens is 274 g/mol. The normalized spacial score (nSPS) is 19.1. The fourth-order valence-corrected chi connectivity index (χ4v) is 1.86. The SMILES string of the molecule is CC(=O)C#C[C@@H](C)OC(=O)/C=C/C1=CCC[C@H]([N+](=O)[O-])C1. The predicted molar refractivity (Wildman–Crippen MR) is 75.9 cm³/mol. The third kappa shape index (κ3) is 6.52. The Hall–Kier alpha value is -2.42. The molecule has 0 aliphatic heterocycles. The first-order chi connectivity index (χ1) is 9.88. The zero-order valence-electron chi connectivity index (χ0n) is 12.0. The van der Waals surface area contributed by atoms with Crippen molar-refractivity contribution in [3.63, 3.8) is 0 Å². The monoisotopic (exact) mass is 291 g/mol. The van der Waals surface area contributed by atoms with E-state index >= 15 is 0 Å². The first-order valence-corrected chi connectivity index (χ1v) is 6.62. The van der Waals surface area contributed by atoms with Crippen molar-refractivity contribution in [1.82, 2.24) is 0 Å². The molecule has 0 saturated carbocycles. The van der Waals surface area contributed by atoms with Gasteiger partial charge in [0.2, 0.25) is 11.8 Å². The quantitative estimate of drug-likeness (QED) is 0.197. The highest BCUT2D eigenvalue weighted by molar-refractivity contribution is 5.93. The van der Waals surface area contributed by atoms with Gasteiger partial charge in [0, 0.05) is 30.8 Å². The molecule has 0 spiro atoms. The summed E-state index contributed by atoms with van der Waals surface area (Å²) in [6, 6.07) is -0.592. The molecule has 6 nitrogen and oxygen atoms in total. The van der Waals surface area contributed by atoms with Crippen LogP contribution in [0.5, 0.6) is 0 Å². The number of hydrogen-bond acceptors (Lipinski definition) is 5. The fraction of sp³-hybridized carbons (Fsp3) is 0.467. The smallest absolute Gasteiger partial charge is 0.331 e. The van der Waals surface area contributed by atoms with Crippen molar-refractivity contribution in [3.8, 4) is 11.8 Å². The van der Waals surface area contributed by atoms with Gasteiger partial charge in [-0.15, -0.1) is 0 Å². The maximum Gasteiger partial charge on any atom is 0.331 e. The van der Waals surface area contributed by atoms with E-state index in [2.05, 4.69) is 11.8 Å². The van der Waals surface area contributed by atoms with Gasteiger partial charge in [0.1, 0.15) is 0 Å². The van der Waals surface area contributed by atoms with Crippen LogP contribution in [0.3, 0.4) is 0 Å².